The largest absolute Gasteiger partial charge is 0.343 e. The summed E-state index contributed by atoms with van der Waals surface area (Å²) in [6.07, 6.45) is 4.98. The van der Waals surface area contributed by atoms with Gasteiger partial charge in [-0.15, -0.1) is 0 Å². The van der Waals surface area contributed by atoms with Crippen LogP contribution in [0.4, 0.5) is 10.5 Å². The fraction of sp³-hybridized carbons (Fsp3) is 0.381. The number of carbonyl (C=O) groups is 2. The van der Waals surface area contributed by atoms with Crippen molar-refractivity contribution in [1.29, 1.82) is 0 Å². The molecule has 1 N–H and O–H groups in total. The summed E-state index contributed by atoms with van der Waals surface area (Å²) >= 11 is 0. The Bertz CT molecular complexity index is 1080. The van der Waals surface area contributed by atoms with Gasteiger partial charge in [0, 0.05) is 44.1 Å². The summed E-state index contributed by atoms with van der Waals surface area (Å²) in [5, 5.41) is 8.28. The SMILES string of the molecule is Cn1cc(N2CCC(NC(=O)N3CCCn4c(cc5ccccc54)C3)C2=O)cn1. The van der Waals surface area contributed by atoms with Crippen LogP contribution in [0.1, 0.15) is 18.5 Å². The molecule has 8 nitrogen and oxygen atoms in total. The number of hydrogen-bond acceptors (Lipinski definition) is 3. The number of urea groups is 1. The van der Waals surface area contributed by atoms with Crippen LogP contribution in [-0.2, 0) is 24.9 Å². The van der Waals surface area contributed by atoms with Crippen molar-refractivity contribution in [2.24, 2.45) is 7.05 Å². The van der Waals surface area contributed by atoms with Gasteiger partial charge in [-0.3, -0.25) is 9.48 Å². The summed E-state index contributed by atoms with van der Waals surface area (Å²) < 4.78 is 3.97. The third kappa shape index (κ3) is 3.14. The molecule has 0 radical (unpaired) electrons. The second kappa shape index (κ2) is 6.95. The third-order valence-corrected chi connectivity index (χ3v) is 5.85. The lowest BCUT2D eigenvalue weighted by atomic mass is 10.2. The summed E-state index contributed by atoms with van der Waals surface area (Å²) in [6.45, 7) is 2.70. The van der Waals surface area contributed by atoms with E-state index in [-0.39, 0.29) is 11.9 Å². The monoisotopic (exact) mass is 392 g/mol. The molecule has 1 aromatic carbocycles. The molecule has 0 saturated carbocycles. The summed E-state index contributed by atoms with van der Waals surface area (Å²) in [5.41, 5.74) is 3.12. The molecule has 1 atom stereocenters. The summed E-state index contributed by atoms with van der Waals surface area (Å²) in [5.74, 6) is -0.0738. The number of para-hydroxylation sites is 1. The predicted octanol–water partition coefficient (Wildman–Crippen LogP) is 2.10. The van der Waals surface area contributed by atoms with Crippen LogP contribution in [0.3, 0.4) is 0 Å². The molecular formula is C21H24N6O2. The Kier molecular flexibility index (Phi) is 4.26. The number of nitrogens with one attached hydrogen (secondary N) is 1. The second-order valence-corrected chi connectivity index (χ2v) is 7.77. The molecule has 29 heavy (non-hydrogen) atoms. The highest BCUT2D eigenvalue weighted by Crippen LogP contribution is 2.24. The molecule has 3 amide bonds. The molecule has 1 unspecified atom stereocenters. The van der Waals surface area contributed by atoms with E-state index in [2.05, 4.69) is 33.2 Å². The number of nitrogens with zero attached hydrogens (tertiary/aromatic N) is 5. The highest BCUT2D eigenvalue weighted by Gasteiger charge is 2.35. The van der Waals surface area contributed by atoms with Gasteiger partial charge in [0.05, 0.1) is 18.4 Å². The van der Waals surface area contributed by atoms with Crippen LogP contribution in [0.2, 0.25) is 0 Å². The highest BCUT2D eigenvalue weighted by atomic mass is 16.2. The maximum absolute atomic E-state index is 12.9. The van der Waals surface area contributed by atoms with E-state index in [1.165, 1.54) is 10.9 Å². The summed E-state index contributed by atoms with van der Waals surface area (Å²) in [6, 6.07) is 9.81. The van der Waals surface area contributed by atoms with Gasteiger partial charge in [-0.1, -0.05) is 18.2 Å². The first-order chi connectivity index (χ1) is 14.1. The first-order valence-electron chi connectivity index (χ1n) is 10.0. The van der Waals surface area contributed by atoms with Crippen LogP contribution in [0.25, 0.3) is 10.9 Å². The number of hydrogen-bond donors (Lipinski definition) is 1. The zero-order valence-corrected chi connectivity index (χ0v) is 16.4. The van der Waals surface area contributed by atoms with E-state index in [1.54, 1.807) is 15.8 Å². The normalized spacial score (nSPS) is 19.5. The van der Waals surface area contributed by atoms with E-state index in [9.17, 15) is 9.59 Å². The van der Waals surface area contributed by atoms with Crippen molar-refractivity contribution in [2.75, 3.05) is 18.0 Å². The van der Waals surface area contributed by atoms with Crippen LogP contribution in [-0.4, -0.2) is 50.3 Å². The van der Waals surface area contributed by atoms with Gasteiger partial charge >= 0.3 is 6.03 Å². The van der Waals surface area contributed by atoms with Gasteiger partial charge in [-0.05, 0) is 30.4 Å². The number of aryl methyl sites for hydroxylation is 2. The molecule has 4 heterocycles. The van der Waals surface area contributed by atoms with Crippen LogP contribution in [0, 0.1) is 0 Å². The van der Waals surface area contributed by atoms with Crippen molar-refractivity contribution >= 4 is 28.5 Å². The Labute approximate surface area is 168 Å². The lowest BCUT2D eigenvalue weighted by Gasteiger charge is -2.23. The number of benzene rings is 1. The minimum absolute atomic E-state index is 0.0738. The van der Waals surface area contributed by atoms with E-state index in [1.807, 2.05) is 30.3 Å². The average Bonchev–Trinajstić information content (AvgIpc) is 3.35. The van der Waals surface area contributed by atoms with Crippen LogP contribution < -0.4 is 10.2 Å². The standard InChI is InChI=1S/C21H24N6O2/c1-24-13-17(12-22-24)27-10-7-18(20(27)28)23-21(29)25-8-4-9-26-16(14-25)11-15-5-2-3-6-19(15)26/h2-3,5-6,11-13,18H,4,7-10,14H2,1H3,(H,23,29). The molecule has 5 rings (SSSR count). The lowest BCUT2D eigenvalue weighted by Crippen LogP contribution is -2.47. The molecule has 8 heteroatoms. The molecule has 2 aliphatic heterocycles. The molecule has 0 bridgehead atoms. The molecule has 2 aromatic heterocycles. The average molecular weight is 392 g/mol. The first-order valence-corrected chi connectivity index (χ1v) is 10.0. The van der Waals surface area contributed by atoms with Crippen molar-refractivity contribution < 1.29 is 9.59 Å². The zero-order valence-electron chi connectivity index (χ0n) is 16.4. The molecule has 3 aromatic rings. The fourth-order valence-electron chi connectivity index (χ4n) is 4.39. The summed E-state index contributed by atoms with van der Waals surface area (Å²) in [4.78, 5) is 29.2. The van der Waals surface area contributed by atoms with E-state index in [0.29, 0.717) is 26.1 Å². The molecular weight excluding hydrogens is 368 g/mol. The van der Waals surface area contributed by atoms with Crippen molar-refractivity contribution in [1.82, 2.24) is 24.6 Å². The predicted molar refractivity (Wildman–Crippen MR) is 109 cm³/mol. The summed E-state index contributed by atoms with van der Waals surface area (Å²) in [7, 11) is 1.82. The van der Waals surface area contributed by atoms with E-state index in [4.69, 9.17) is 0 Å². The number of fused-ring (bicyclic) bond motifs is 3. The minimum atomic E-state index is -0.489. The van der Waals surface area contributed by atoms with Gasteiger partial charge < -0.3 is 19.7 Å². The Morgan fingerprint density at radius 3 is 2.90 bits per heavy atom. The zero-order chi connectivity index (χ0) is 20.0. The Morgan fingerprint density at radius 2 is 2.07 bits per heavy atom. The number of carbonyl (C=O) groups excluding carboxylic acids is 2. The maximum atomic E-state index is 12.9. The second-order valence-electron chi connectivity index (χ2n) is 7.77. The van der Waals surface area contributed by atoms with Gasteiger partial charge in [-0.2, -0.15) is 5.10 Å². The topological polar surface area (TPSA) is 75.4 Å². The van der Waals surface area contributed by atoms with Crippen molar-refractivity contribution in [3.63, 3.8) is 0 Å². The molecule has 150 valence electrons. The van der Waals surface area contributed by atoms with E-state index in [0.717, 1.165) is 24.3 Å². The Hall–Kier alpha value is -3.29. The number of anilines is 1. The van der Waals surface area contributed by atoms with Crippen molar-refractivity contribution in [3.8, 4) is 0 Å². The number of amides is 3. The Balaban J connectivity index is 1.29. The molecule has 1 saturated heterocycles. The molecule has 0 spiro atoms. The smallest absolute Gasteiger partial charge is 0.318 e. The molecule has 0 aliphatic carbocycles. The first kappa shape index (κ1) is 17.8. The number of rotatable bonds is 2. The maximum Gasteiger partial charge on any atom is 0.318 e. The molecule has 1 fully saturated rings. The van der Waals surface area contributed by atoms with Gasteiger partial charge in [0.15, 0.2) is 0 Å². The van der Waals surface area contributed by atoms with Gasteiger partial charge in [0.25, 0.3) is 0 Å². The van der Waals surface area contributed by atoms with Crippen LogP contribution in [0.15, 0.2) is 42.7 Å². The van der Waals surface area contributed by atoms with E-state index >= 15 is 0 Å². The molecule has 2 aliphatic rings. The van der Waals surface area contributed by atoms with Gasteiger partial charge in [-0.25, -0.2) is 4.79 Å². The van der Waals surface area contributed by atoms with Crippen LogP contribution >= 0.6 is 0 Å². The third-order valence-electron chi connectivity index (χ3n) is 5.85. The number of aromatic nitrogens is 3. The van der Waals surface area contributed by atoms with Gasteiger partial charge in [0.1, 0.15) is 6.04 Å². The van der Waals surface area contributed by atoms with Crippen molar-refractivity contribution in [3.05, 3.63) is 48.4 Å². The van der Waals surface area contributed by atoms with Gasteiger partial charge in [0.2, 0.25) is 5.91 Å². The highest BCUT2D eigenvalue weighted by molar-refractivity contribution is 6.01. The minimum Gasteiger partial charge on any atom is -0.343 e. The Morgan fingerprint density at radius 1 is 1.21 bits per heavy atom. The quantitative estimate of drug-likeness (QED) is 0.726. The van der Waals surface area contributed by atoms with Crippen molar-refractivity contribution in [2.45, 2.75) is 32.0 Å². The van der Waals surface area contributed by atoms with Crippen LogP contribution in [0.5, 0.6) is 0 Å². The lowest BCUT2D eigenvalue weighted by molar-refractivity contribution is -0.118. The fourth-order valence-corrected chi connectivity index (χ4v) is 4.39. The van der Waals surface area contributed by atoms with E-state index < -0.39 is 6.04 Å².